The molecule has 0 bridgehead atoms. The number of fused-ring (bicyclic) bond motifs is 1. The predicted octanol–water partition coefficient (Wildman–Crippen LogP) is 2.47. The number of nitrogens with one attached hydrogen (secondary N) is 1. The molecule has 20 heavy (non-hydrogen) atoms. The summed E-state index contributed by atoms with van der Waals surface area (Å²) in [6.07, 6.45) is -4.54. The highest BCUT2D eigenvalue weighted by molar-refractivity contribution is 5.96. The summed E-state index contributed by atoms with van der Waals surface area (Å²) in [6, 6.07) is 4.03. The minimum absolute atomic E-state index is 0.146. The SMILES string of the molecule is Cc1cc(C(F)(F)F)c2nc(C(=O)NN)cc(C)c2c1. The van der Waals surface area contributed by atoms with Gasteiger partial charge in [0.05, 0.1) is 11.1 Å². The maximum absolute atomic E-state index is 13.1. The second-order valence-electron chi connectivity index (χ2n) is 4.50. The Kier molecular flexibility index (Phi) is 3.39. The average Bonchev–Trinajstić information content (AvgIpc) is 2.36. The van der Waals surface area contributed by atoms with Crippen molar-refractivity contribution in [1.29, 1.82) is 0 Å². The van der Waals surface area contributed by atoms with Crippen LogP contribution in [0.5, 0.6) is 0 Å². The van der Waals surface area contributed by atoms with Gasteiger partial charge in [-0.05, 0) is 43.2 Å². The maximum Gasteiger partial charge on any atom is 0.418 e. The third-order valence-corrected chi connectivity index (χ3v) is 2.93. The highest BCUT2D eigenvalue weighted by Crippen LogP contribution is 2.35. The number of hydrazine groups is 1. The van der Waals surface area contributed by atoms with Gasteiger partial charge in [-0.15, -0.1) is 0 Å². The Morgan fingerprint density at radius 2 is 1.90 bits per heavy atom. The van der Waals surface area contributed by atoms with E-state index in [-0.39, 0.29) is 11.2 Å². The van der Waals surface area contributed by atoms with Crippen LogP contribution in [0.2, 0.25) is 0 Å². The van der Waals surface area contributed by atoms with Gasteiger partial charge in [-0.3, -0.25) is 10.2 Å². The minimum Gasteiger partial charge on any atom is -0.289 e. The van der Waals surface area contributed by atoms with Crippen molar-refractivity contribution in [1.82, 2.24) is 10.4 Å². The van der Waals surface area contributed by atoms with Gasteiger partial charge in [0.15, 0.2) is 0 Å². The predicted molar refractivity (Wildman–Crippen MR) is 67.9 cm³/mol. The zero-order valence-corrected chi connectivity index (χ0v) is 10.8. The number of rotatable bonds is 1. The fraction of sp³-hybridized carbons (Fsp3) is 0.231. The fourth-order valence-electron chi connectivity index (χ4n) is 2.04. The molecule has 2 aromatic rings. The summed E-state index contributed by atoms with van der Waals surface area (Å²) in [5.41, 5.74) is 1.61. The van der Waals surface area contributed by atoms with Gasteiger partial charge in [-0.25, -0.2) is 10.8 Å². The quantitative estimate of drug-likeness (QED) is 0.480. The number of benzene rings is 1. The maximum atomic E-state index is 13.1. The minimum atomic E-state index is -4.54. The second-order valence-corrected chi connectivity index (χ2v) is 4.50. The van der Waals surface area contributed by atoms with Crippen LogP contribution in [0.1, 0.15) is 27.2 Å². The highest BCUT2D eigenvalue weighted by atomic mass is 19.4. The van der Waals surface area contributed by atoms with Gasteiger partial charge in [-0.2, -0.15) is 13.2 Å². The molecule has 1 amide bonds. The van der Waals surface area contributed by atoms with Gasteiger partial charge in [0.2, 0.25) is 0 Å². The van der Waals surface area contributed by atoms with E-state index < -0.39 is 17.6 Å². The zero-order chi connectivity index (χ0) is 15.1. The number of carbonyl (C=O) groups is 1. The number of nitrogen functional groups attached to an aromatic ring is 1. The number of carbonyl (C=O) groups excluding carboxylic acids is 1. The number of nitrogens with two attached hydrogens (primary N) is 1. The number of hydrogen-bond donors (Lipinski definition) is 2. The Balaban J connectivity index is 2.86. The zero-order valence-electron chi connectivity index (χ0n) is 10.8. The molecule has 3 N–H and O–H groups in total. The van der Waals surface area contributed by atoms with Crippen molar-refractivity contribution in [3.05, 3.63) is 40.6 Å². The topological polar surface area (TPSA) is 68.0 Å². The molecule has 0 aliphatic heterocycles. The van der Waals surface area contributed by atoms with E-state index in [0.29, 0.717) is 16.5 Å². The molecule has 0 radical (unpaired) electrons. The second kappa shape index (κ2) is 4.75. The number of aryl methyl sites for hydroxylation is 2. The summed E-state index contributed by atoms with van der Waals surface area (Å²) in [5.74, 6) is 4.25. The number of alkyl halides is 3. The first-order valence-corrected chi connectivity index (χ1v) is 5.74. The van der Waals surface area contributed by atoms with Crippen molar-refractivity contribution >= 4 is 16.8 Å². The Morgan fingerprint density at radius 1 is 1.25 bits per heavy atom. The number of aromatic nitrogens is 1. The number of pyridine rings is 1. The molecule has 0 fully saturated rings. The van der Waals surface area contributed by atoms with Crippen LogP contribution in [0, 0.1) is 13.8 Å². The summed E-state index contributed by atoms with van der Waals surface area (Å²) < 4.78 is 39.2. The van der Waals surface area contributed by atoms with Crippen molar-refractivity contribution < 1.29 is 18.0 Å². The molecular weight excluding hydrogens is 271 g/mol. The van der Waals surface area contributed by atoms with Gasteiger partial charge in [-0.1, -0.05) is 0 Å². The Labute approximate surface area is 112 Å². The molecule has 2 rings (SSSR count). The average molecular weight is 283 g/mol. The lowest BCUT2D eigenvalue weighted by atomic mass is 10.0. The van der Waals surface area contributed by atoms with Crippen molar-refractivity contribution in [2.45, 2.75) is 20.0 Å². The van der Waals surface area contributed by atoms with Crippen molar-refractivity contribution in [2.75, 3.05) is 0 Å². The summed E-state index contributed by atoms with van der Waals surface area (Å²) in [4.78, 5) is 15.3. The number of amides is 1. The molecule has 7 heteroatoms. The number of nitrogens with zero attached hydrogens (tertiary/aromatic N) is 1. The van der Waals surface area contributed by atoms with Crippen molar-refractivity contribution in [2.24, 2.45) is 5.84 Å². The van der Waals surface area contributed by atoms with E-state index in [1.807, 2.05) is 5.43 Å². The molecule has 0 unspecified atom stereocenters. The lowest BCUT2D eigenvalue weighted by molar-refractivity contribution is -0.136. The fourth-order valence-corrected chi connectivity index (χ4v) is 2.04. The molecule has 0 aliphatic carbocycles. The van der Waals surface area contributed by atoms with Crippen LogP contribution in [0.3, 0.4) is 0 Å². The van der Waals surface area contributed by atoms with Crippen molar-refractivity contribution in [3.8, 4) is 0 Å². The molecule has 0 saturated heterocycles. The molecule has 1 aromatic carbocycles. The van der Waals surface area contributed by atoms with Crippen LogP contribution in [0.25, 0.3) is 10.9 Å². The molecule has 4 nitrogen and oxygen atoms in total. The molecule has 106 valence electrons. The molecular formula is C13H12F3N3O. The van der Waals surface area contributed by atoms with E-state index in [2.05, 4.69) is 4.98 Å². The van der Waals surface area contributed by atoms with Crippen LogP contribution in [0.15, 0.2) is 18.2 Å². The van der Waals surface area contributed by atoms with Crippen LogP contribution in [-0.4, -0.2) is 10.9 Å². The smallest absolute Gasteiger partial charge is 0.289 e. The largest absolute Gasteiger partial charge is 0.418 e. The monoisotopic (exact) mass is 283 g/mol. The van der Waals surface area contributed by atoms with Gasteiger partial charge in [0.25, 0.3) is 5.91 Å². The van der Waals surface area contributed by atoms with E-state index >= 15 is 0 Å². The van der Waals surface area contributed by atoms with E-state index in [1.54, 1.807) is 19.9 Å². The molecule has 0 spiro atoms. The third kappa shape index (κ3) is 2.44. The highest BCUT2D eigenvalue weighted by Gasteiger charge is 2.34. The van der Waals surface area contributed by atoms with E-state index in [9.17, 15) is 18.0 Å². The first kappa shape index (κ1) is 14.3. The first-order valence-electron chi connectivity index (χ1n) is 5.74. The molecule has 0 aliphatic rings. The third-order valence-electron chi connectivity index (χ3n) is 2.93. The van der Waals surface area contributed by atoms with Crippen LogP contribution in [0.4, 0.5) is 13.2 Å². The van der Waals surface area contributed by atoms with Crippen LogP contribution in [-0.2, 0) is 6.18 Å². The number of halogens is 3. The van der Waals surface area contributed by atoms with Crippen molar-refractivity contribution in [3.63, 3.8) is 0 Å². The van der Waals surface area contributed by atoms with E-state index in [0.717, 1.165) is 6.07 Å². The molecule has 1 heterocycles. The van der Waals surface area contributed by atoms with E-state index in [4.69, 9.17) is 5.84 Å². The molecule has 0 saturated carbocycles. The summed E-state index contributed by atoms with van der Waals surface area (Å²) in [5, 5.41) is 0.367. The Hall–Kier alpha value is -2.15. The van der Waals surface area contributed by atoms with Crippen LogP contribution < -0.4 is 11.3 Å². The van der Waals surface area contributed by atoms with Crippen LogP contribution >= 0.6 is 0 Å². The lowest BCUT2D eigenvalue weighted by Crippen LogP contribution is -2.30. The molecule has 1 aromatic heterocycles. The van der Waals surface area contributed by atoms with Gasteiger partial charge < -0.3 is 0 Å². The summed E-state index contributed by atoms with van der Waals surface area (Å²) in [6.45, 7) is 3.20. The van der Waals surface area contributed by atoms with Gasteiger partial charge in [0, 0.05) is 5.39 Å². The number of hydrogen-bond acceptors (Lipinski definition) is 3. The first-order chi connectivity index (χ1) is 9.24. The van der Waals surface area contributed by atoms with Gasteiger partial charge >= 0.3 is 6.18 Å². The van der Waals surface area contributed by atoms with E-state index in [1.165, 1.54) is 6.07 Å². The molecule has 0 atom stereocenters. The Bertz CT molecular complexity index is 695. The van der Waals surface area contributed by atoms with Gasteiger partial charge in [0.1, 0.15) is 5.69 Å². The lowest BCUT2D eigenvalue weighted by Gasteiger charge is -2.13. The summed E-state index contributed by atoms with van der Waals surface area (Å²) >= 11 is 0. The Morgan fingerprint density at radius 3 is 2.45 bits per heavy atom. The normalized spacial score (nSPS) is 11.7. The summed E-state index contributed by atoms with van der Waals surface area (Å²) in [7, 11) is 0. The standard InChI is InChI=1S/C13H12F3N3O/c1-6-3-8-7(2)5-10(12(20)19-17)18-11(8)9(4-6)13(14,15)16/h3-5H,17H2,1-2H3,(H,19,20).